The minimum atomic E-state index is -3.58. The summed E-state index contributed by atoms with van der Waals surface area (Å²) < 4.78 is 40.5. The summed E-state index contributed by atoms with van der Waals surface area (Å²) in [6, 6.07) is 22.7. The number of sulfonamides is 1. The Morgan fingerprint density at radius 2 is 1.38 bits per heavy atom. The number of halogens is 1. The molecule has 8 heteroatoms. The van der Waals surface area contributed by atoms with Gasteiger partial charge in [-0.15, -0.1) is 0 Å². The summed E-state index contributed by atoms with van der Waals surface area (Å²) in [5, 5.41) is 2.85. The van der Waals surface area contributed by atoms with Crippen molar-refractivity contribution in [2.75, 3.05) is 31.5 Å². The van der Waals surface area contributed by atoms with E-state index in [1.54, 1.807) is 30.3 Å². The molecule has 0 aliphatic carbocycles. The third kappa shape index (κ3) is 4.88. The van der Waals surface area contributed by atoms with Crippen molar-refractivity contribution in [1.29, 1.82) is 0 Å². The summed E-state index contributed by atoms with van der Waals surface area (Å²) in [5.74, 6) is -0.625. The maximum Gasteiger partial charge on any atom is 0.246 e. The van der Waals surface area contributed by atoms with E-state index in [0.29, 0.717) is 18.8 Å². The van der Waals surface area contributed by atoms with Gasteiger partial charge >= 0.3 is 0 Å². The fourth-order valence-electron chi connectivity index (χ4n) is 3.85. The first kappa shape index (κ1) is 22.1. The van der Waals surface area contributed by atoms with Crippen molar-refractivity contribution in [2.45, 2.75) is 10.9 Å². The monoisotopic (exact) mass is 453 g/mol. The van der Waals surface area contributed by atoms with Crippen LogP contribution in [0.25, 0.3) is 0 Å². The largest absolute Gasteiger partial charge is 0.324 e. The predicted molar refractivity (Wildman–Crippen MR) is 121 cm³/mol. The van der Waals surface area contributed by atoms with Crippen LogP contribution in [0.1, 0.15) is 11.6 Å². The Hall–Kier alpha value is -3.07. The molecule has 0 unspecified atom stereocenters. The summed E-state index contributed by atoms with van der Waals surface area (Å²) in [6.07, 6.45) is 0. The van der Waals surface area contributed by atoms with Crippen LogP contribution >= 0.6 is 0 Å². The molecule has 1 amide bonds. The van der Waals surface area contributed by atoms with Gasteiger partial charge in [0.1, 0.15) is 11.9 Å². The number of piperazine rings is 1. The Morgan fingerprint density at radius 1 is 0.812 bits per heavy atom. The number of hydrogen-bond donors (Lipinski definition) is 1. The number of nitrogens with zero attached hydrogens (tertiary/aromatic N) is 2. The van der Waals surface area contributed by atoms with Crippen molar-refractivity contribution in [2.24, 2.45) is 0 Å². The summed E-state index contributed by atoms with van der Waals surface area (Å²) >= 11 is 0. The number of anilines is 1. The third-order valence-electron chi connectivity index (χ3n) is 5.49. The van der Waals surface area contributed by atoms with Gasteiger partial charge in [0.05, 0.1) is 4.90 Å². The fourth-order valence-corrected chi connectivity index (χ4v) is 5.29. The molecule has 32 heavy (non-hydrogen) atoms. The fraction of sp³-hybridized carbons (Fsp3) is 0.208. The molecule has 166 valence electrons. The van der Waals surface area contributed by atoms with Crippen molar-refractivity contribution in [1.82, 2.24) is 9.21 Å². The highest BCUT2D eigenvalue weighted by Crippen LogP contribution is 2.26. The molecule has 1 saturated heterocycles. The molecule has 1 fully saturated rings. The molecule has 1 atom stereocenters. The predicted octanol–water partition coefficient (Wildman–Crippen LogP) is 3.51. The Bertz CT molecular complexity index is 1150. The van der Waals surface area contributed by atoms with Gasteiger partial charge in [-0.1, -0.05) is 48.5 Å². The summed E-state index contributed by atoms with van der Waals surface area (Å²) in [6.45, 7) is 1.37. The maximum atomic E-state index is 13.2. The number of carbonyl (C=O) groups is 1. The van der Waals surface area contributed by atoms with Crippen LogP contribution in [0.3, 0.4) is 0 Å². The molecule has 6 nitrogen and oxygen atoms in total. The topological polar surface area (TPSA) is 69.7 Å². The van der Waals surface area contributed by atoms with Gasteiger partial charge in [-0.25, -0.2) is 12.8 Å². The molecule has 3 aromatic carbocycles. The highest BCUT2D eigenvalue weighted by Gasteiger charge is 2.34. The van der Waals surface area contributed by atoms with E-state index in [9.17, 15) is 17.6 Å². The van der Waals surface area contributed by atoms with Crippen LogP contribution in [0.5, 0.6) is 0 Å². The van der Waals surface area contributed by atoms with Crippen molar-refractivity contribution < 1.29 is 17.6 Å². The lowest BCUT2D eigenvalue weighted by Gasteiger charge is -2.38. The average molecular weight is 454 g/mol. The first-order valence-electron chi connectivity index (χ1n) is 10.4. The van der Waals surface area contributed by atoms with Crippen molar-refractivity contribution in [3.63, 3.8) is 0 Å². The van der Waals surface area contributed by atoms with Crippen LogP contribution in [0.2, 0.25) is 0 Å². The number of rotatable bonds is 6. The summed E-state index contributed by atoms with van der Waals surface area (Å²) in [5.41, 5.74) is 1.31. The lowest BCUT2D eigenvalue weighted by molar-refractivity contribution is -0.122. The number of benzene rings is 3. The molecule has 0 aromatic heterocycles. The molecule has 0 spiro atoms. The number of carbonyl (C=O) groups excluding carboxylic acids is 1. The minimum absolute atomic E-state index is 0.248. The lowest BCUT2D eigenvalue weighted by Crippen LogP contribution is -2.51. The Morgan fingerprint density at radius 3 is 1.97 bits per heavy atom. The third-order valence-corrected chi connectivity index (χ3v) is 7.41. The first-order chi connectivity index (χ1) is 15.4. The van der Waals surface area contributed by atoms with E-state index in [1.165, 1.54) is 28.6 Å². The van der Waals surface area contributed by atoms with Gasteiger partial charge in [0.15, 0.2) is 0 Å². The molecule has 1 aliphatic heterocycles. The molecular formula is C24H24FN3O3S. The van der Waals surface area contributed by atoms with E-state index in [4.69, 9.17) is 0 Å². The molecule has 0 radical (unpaired) electrons. The smallest absolute Gasteiger partial charge is 0.246 e. The normalized spacial score (nSPS) is 16.4. The van der Waals surface area contributed by atoms with Crippen LogP contribution in [-0.4, -0.2) is 49.7 Å². The van der Waals surface area contributed by atoms with Gasteiger partial charge in [0.2, 0.25) is 15.9 Å². The van der Waals surface area contributed by atoms with Crippen LogP contribution in [0, 0.1) is 5.82 Å². The zero-order valence-corrected chi connectivity index (χ0v) is 18.2. The van der Waals surface area contributed by atoms with Crippen LogP contribution in [0.4, 0.5) is 10.1 Å². The zero-order chi connectivity index (χ0) is 22.6. The van der Waals surface area contributed by atoms with Crippen LogP contribution in [-0.2, 0) is 14.8 Å². The molecule has 1 heterocycles. The van der Waals surface area contributed by atoms with E-state index in [2.05, 4.69) is 5.32 Å². The Balaban J connectivity index is 1.52. The van der Waals surface area contributed by atoms with Crippen LogP contribution in [0.15, 0.2) is 89.8 Å². The second-order valence-electron chi connectivity index (χ2n) is 7.56. The van der Waals surface area contributed by atoms with Gasteiger partial charge in [0.25, 0.3) is 0 Å². The molecule has 0 bridgehead atoms. The molecular weight excluding hydrogens is 429 g/mol. The summed E-state index contributed by atoms with van der Waals surface area (Å²) in [7, 11) is -3.58. The maximum absolute atomic E-state index is 13.2. The van der Waals surface area contributed by atoms with E-state index >= 15 is 0 Å². The highest BCUT2D eigenvalue weighted by atomic mass is 32.2. The Labute approximate surface area is 187 Å². The van der Waals surface area contributed by atoms with Crippen LogP contribution < -0.4 is 5.32 Å². The van der Waals surface area contributed by atoms with Crippen molar-refractivity contribution in [3.8, 4) is 0 Å². The van der Waals surface area contributed by atoms with Gasteiger partial charge in [0, 0.05) is 31.9 Å². The van der Waals surface area contributed by atoms with Crippen molar-refractivity contribution >= 4 is 21.6 Å². The average Bonchev–Trinajstić information content (AvgIpc) is 2.82. The molecule has 3 aromatic rings. The molecule has 0 saturated carbocycles. The Kier molecular flexibility index (Phi) is 6.64. The SMILES string of the molecule is O=C(Nc1ccc(F)cc1)[C@H](c1ccccc1)N1CCN(S(=O)(=O)c2ccccc2)CC1. The summed E-state index contributed by atoms with van der Waals surface area (Å²) in [4.78, 5) is 15.5. The van der Waals surface area contributed by atoms with Gasteiger partial charge in [-0.05, 0) is 42.0 Å². The van der Waals surface area contributed by atoms with E-state index in [-0.39, 0.29) is 29.7 Å². The van der Waals surface area contributed by atoms with Gasteiger partial charge in [-0.2, -0.15) is 4.31 Å². The van der Waals surface area contributed by atoms with E-state index in [1.807, 2.05) is 35.2 Å². The standard InChI is InChI=1S/C24H24FN3O3S/c25-20-11-13-21(14-12-20)26-24(29)23(19-7-3-1-4-8-19)27-15-17-28(18-16-27)32(30,31)22-9-5-2-6-10-22/h1-14,23H,15-18H2,(H,26,29)/t23-/m0/s1. The number of hydrogen-bond acceptors (Lipinski definition) is 4. The quantitative estimate of drug-likeness (QED) is 0.620. The second kappa shape index (κ2) is 9.60. The second-order valence-corrected chi connectivity index (χ2v) is 9.50. The molecule has 1 aliphatic rings. The minimum Gasteiger partial charge on any atom is -0.324 e. The molecule has 4 rings (SSSR count). The van der Waals surface area contributed by atoms with Crippen molar-refractivity contribution in [3.05, 3.63) is 96.3 Å². The van der Waals surface area contributed by atoms with Gasteiger partial charge in [-0.3, -0.25) is 9.69 Å². The highest BCUT2D eigenvalue weighted by molar-refractivity contribution is 7.89. The number of amides is 1. The van der Waals surface area contributed by atoms with E-state index < -0.39 is 16.1 Å². The van der Waals surface area contributed by atoms with E-state index in [0.717, 1.165) is 5.56 Å². The lowest BCUT2D eigenvalue weighted by atomic mass is 10.0. The molecule has 1 N–H and O–H groups in total. The van der Waals surface area contributed by atoms with Gasteiger partial charge < -0.3 is 5.32 Å². The zero-order valence-electron chi connectivity index (χ0n) is 17.4. The first-order valence-corrected chi connectivity index (χ1v) is 11.8. The number of nitrogens with one attached hydrogen (secondary N) is 1.